The van der Waals surface area contributed by atoms with Gasteiger partial charge in [-0.25, -0.2) is 0 Å². The minimum atomic E-state index is -0.0223. The van der Waals surface area contributed by atoms with E-state index in [2.05, 4.69) is 30.7 Å². The number of amides is 1. The first kappa shape index (κ1) is 15.5. The van der Waals surface area contributed by atoms with E-state index in [1.807, 2.05) is 12.1 Å². The lowest BCUT2D eigenvalue weighted by Gasteiger charge is -2.44. The average molecular weight is 300 g/mol. The molecule has 0 radical (unpaired) electrons. The maximum Gasteiger partial charge on any atom is 0.254 e. The molecule has 2 heterocycles. The van der Waals surface area contributed by atoms with E-state index in [9.17, 15) is 4.79 Å². The Morgan fingerprint density at radius 1 is 1.18 bits per heavy atom. The molecule has 22 heavy (non-hydrogen) atoms. The fourth-order valence-electron chi connectivity index (χ4n) is 4.02. The third-order valence-corrected chi connectivity index (χ3v) is 5.28. The van der Waals surface area contributed by atoms with Crippen LogP contribution in [-0.2, 0) is 5.41 Å². The zero-order valence-corrected chi connectivity index (χ0v) is 14.1. The molecule has 1 aromatic heterocycles. The van der Waals surface area contributed by atoms with Gasteiger partial charge in [-0.15, -0.1) is 0 Å². The molecule has 1 aliphatic carbocycles. The van der Waals surface area contributed by atoms with E-state index in [0.717, 1.165) is 30.1 Å². The van der Waals surface area contributed by atoms with Crippen LogP contribution in [0.15, 0.2) is 18.3 Å². The fourth-order valence-corrected chi connectivity index (χ4v) is 4.02. The lowest BCUT2D eigenvalue weighted by atomic mass is 9.78. The van der Waals surface area contributed by atoms with Gasteiger partial charge in [-0.05, 0) is 43.7 Å². The Morgan fingerprint density at radius 2 is 1.91 bits per heavy atom. The lowest BCUT2D eigenvalue weighted by Crippen LogP contribution is -2.49. The maximum absolute atomic E-state index is 13.0. The van der Waals surface area contributed by atoms with Gasteiger partial charge in [0.15, 0.2) is 0 Å². The maximum atomic E-state index is 13.0. The van der Waals surface area contributed by atoms with E-state index >= 15 is 0 Å². The van der Waals surface area contributed by atoms with Crippen LogP contribution in [0, 0.1) is 5.92 Å². The lowest BCUT2D eigenvalue weighted by molar-refractivity contribution is 0.0390. The van der Waals surface area contributed by atoms with Gasteiger partial charge in [-0.2, -0.15) is 0 Å². The second-order valence-electron chi connectivity index (χ2n) is 7.93. The smallest absolute Gasteiger partial charge is 0.254 e. The molecule has 1 aliphatic heterocycles. The van der Waals surface area contributed by atoms with Gasteiger partial charge in [-0.3, -0.25) is 9.78 Å². The van der Waals surface area contributed by atoms with Crippen molar-refractivity contribution in [1.82, 2.24) is 9.88 Å². The van der Waals surface area contributed by atoms with Crippen molar-refractivity contribution in [2.75, 3.05) is 6.54 Å². The summed E-state index contributed by atoms with van der Waals surface area (Å²) >= 11 is 0. The molecule has 3 nitrogen and oxygen atoms in total. The molecule has 1 amide bonds. The number of likely N-dealkylation sites (tertiary alicyclic amines) is 1. The van der Waals surface area contributed by atoms with Crippen molar-refractivity contribution in [3.8, 4) is 0 Å². The second kappa shape index (κ2) is 6.02. The fraction of sp³-hybridized carbons (Fsp3) is 0.684. The number of fused-ring (bicyclic) bond motifs is 1. The first-order chi connectivity index (χ1) is 10.5. The number of pyridine rings is 1. The summed E-state index contributed by atoms with van der Waals surface area (Å²) in [5.41, 5.74) is 1.78. The summed E-state index contributed by atoms with van der Waals surface area (Å²) in [4.78, 5) is 19.6. The monoisotopic (exact) mass is 300 g/mol. The van der Waals surface area contributed by atoms with Crippen molar-refractivity contribution in [1.29, 1.82) is 0 Å². The predicted molar refractivity (Wildman–Crippen MR) is 89.0 cm³/mol. The molecule has 1 aromatic rings. The van der Waals surface area contributed by atoms with Gasteiger partial charge in [-0.1, -0.05) is 33.6 Å². The van der Waals surface area contributed by atoms with E-state index in [0.29, 0.717) is 6.04 Å². The number of rotatable bonds is 1. The summed E-state index contributed by atoms with van der Waals surface area (Å²) in [6, 6.07) is 4.35. The van der Waals surface area contributed by atoms with E-state index in [1.54, 1.807) is 6.20 Å². The molecule has 1 saturated carbocycles. The van der Waals surface area contributed by atoms with Gasteiger partial charge in [0.25, 0.3) is 5.91 Å². The molecule has 2 unspecified atom stereocenters. The number of aromatic nitrogens is 1. The summed E-state index contributed by atoms with van der Waals surface area (Å²) in [6.07, 6.45) is 9.35. The van der Waals surface area contributed by atoms with Gasteiger partial charge >= 0.3 is 0 Å². The molecule has 0 spiro atoms. The van der Waals surface area contributed by atoms with Gasteiger partial charge < -0.3 is 4.90 Å². The second-order valence-corrected chi connectivity index (χ2v) is 7.93. The van der Waals surface area contributed by atoms with E-state index in [-0.39, 0.29) is 11.3 Å². The van der Waals surface area contributed by atoms with Crippen molar-refractivity contribution < 1.29 is 4.79 Å². The van der Waals surface area contributed by atoms with Crippen LogP contribution >= 0.6 is 0 Å². The van der Waals surface area contributed by atoms with Crippen molar-refractivity contribution in [3.05, 3.63) is 29.6 Å². The summed E-state index contributed by atoms with van der Waals surface area (Å²) in [7, 11) is 0. The van der Waals surface area contributed by atoms with E-state index < -0.39 is 0 Å². The Morgan fingerprint density at radius 3 is 2.68 bits per heavy atom. The van der Waals surface area contributed by atoms with Gasteiger partial charge in [0.2, 0.25) is 0 Å². The zero-order valence-electron chi connectivity index (χ0n) is 14.1. The average Bonchev–Trinajstić information content (AvgIpc) is 2.53. The van der Waals surface area contributed by atoms with Gasteiger partial charge in [0, 0.05) is 35.5 Å². The summed E-state index contributed by atoms with van der Waals surface area (Å²) in [5, 5.41) is 0. The van der Waals surface area contributed by atoms with E-state index in [1.165, 1.54) is 32.1 Å². The highest BCUT2D eigenvalue weighted by atomic mass is 16.2. The Labute approximate surface area is 134 Å². The number of piperidine rings is 1. The molecule has 1 saturated heterocycles. The van der Waals surface area contributed by atoms with Crippen LogP contribution in [-0.4, -0.2) is 28.4 Å². The van der Waals surface area contributed by atoms with E-state index in [4.69, 9.17) is 0 Å². The van der Waals surface area contributed by atoms with Gasteiger partial charge in [0.1, 0.15) is 0 Å². The van der Waals surface area contributed by atoms with Crippen molar-refractivity contribution >= 4 is 5.91 Å². The Balaban J connectivity index is 1.84. The quantitative estimate of drug-likeness (QED) is 0.779. The van der Waals surface area contributed by atoms with Crippen LogP contribution in [0.2, 0.25) is 0 Å². The molecule has 0 N–H and O–H groups in total. The zero-order chi connectivity index (χ0) is 15.7. The molecule has 120 valence electrons. The molecule has 0 aromatic carbocycles. The minimum Gasteiger partial charge on any atom is -0.335 e. The predicted octanol–water partition coefficient (Wildman–Crippen LogP) is 4.17. The highest BCUT2D eigenvalue weighted by Crippen LogP contribution is 2.36. The highest BCUT2D eigenvalue weighted by Gasteiger charge is 2.36. The number of carbonyl (C=O) groups is 1. The summed E-state index contributed by atoms with van der Waals surface area (Å²) < 4.78 is 0. The third-order valence-electron chi connectivity index (χ3n) is 5.28. The molecule has 0 bridgehead atoms. The van der Waals surface area contributed by atoms with Crippen LogP contribution in [0.25, 0.3) is 0 Å². The van der Waals surface area contributed by atoms with Crippen molar-refractivity contribution in [3.63, 3.8) is 0 Å². The van der Waals surface area contributed by atoms with Crippen LogP contribution in [0.4, 0.5) is 0 Å². The summed E-state index contributed by atoms with van der Waals surface area (Å²) in [5.74, 6) is 0.944. The highest BCUT2D eigenvalue weighted by molar-refractivity contribution is 5.94. The van der Waals surface area contributed by atoms with Gasteiger partial charge in [0.05, 0.1) is 0 Å². The number of hydrogen-bond donors (Lipinski definition) is 0. The van der Waals surface area contributed by atoms with Crippen LogP contribution < -0.4 is 0 Å². The Bertz CT molecular complexity index is 545. The normalized spacial score (nSPS) is 25.7. The minimum absolute atomic E-state index is 0.0223. The SMILES string of the molecule is CC(C)(C)c1cc(C(=O)N2CCCC3CCCCC32)ccn1. The first-order valence-corrected chi connectivity index (χ1v) is 8.74. The van der Waals surface area contributed by atoms with Crippen LogP contribution in [0.1, 0.15) is 75.3 Å². The molecule has 2 aliphatic rings. The van der Waals surface area contributed by atoms with Crippen molar-refractivity contribution in [2.24, 2.45) is 5.92 Å². The number of hydrogen-bond acceptors (Lipinski definition) is 2. The molecule has 3 heteroatoms. The standard InChI is InChI=1S/C19H28N2O/c1-19(2,3)17-13-15(10-11-20-17)18(22)21-12-6-8-14-7-4-5-9-16(14)21/h10-11,13-14,16H,4-9,12H2,1-3H3. The molecular weight excluding hydrogens is 272 g/mol. The van der Waals surface area contributed by atoms with Crippen molar-refractivity contribution in [2.45, 2.75) is 70.8 Å². The number of carbonyl (C=O) groups excluding carboxylic acids is 1. The Kier molecular flexibility index (Phi) is 4.24. The first-order valence-electron chi connectivity index (χ1n) is 8.74. The Hall–Kier alpha value is -1.38. The number of nitrogens with zero attached hydrogens (tertiary/aromatic N) is 2. The van der Waals surface area contributed by atoms with Crippen LogP contribution in [0.3, 0.4) is 0 Å². The molecule has 3 rings (SSSR count). The summed E-state index contributed by atoms with van der Waals surface area (Å²) in [6.45, 7) is 7.35. The third kappa shape index (κ3) is 3.04. The largest absolute Gasteiger partial charge is 0.335 e. The molecular formula is C19H28N2O. The molecule has 2 atom stereocenters. The topological polar surface area (TPSA) is 33.2 Å². The van der Waals surface area contributed by atoms with Crippen LogP contribution in [0.5, 0.6) is 0 Å². The molecule has 2 fully saturated rings.